The van der Waals surface area contributed by atoms with Gasteiger partial charge in [-0.1, -0.05) is 97.8 Å². The first kappa shape index (κ1) is 50.0. The molecule has 0 bridgehead atoms. The van der Waals surface area contributed by atoms with Crippen LogP contribution in [0.1, 0.15) is 60.8 Å². The largest absolute Gasteiger partial charge is 0.508 e. The predicted molar refractivity (Wildman–Crippen MR) is 284 cm³/mol. The van der Waals surface area contributed by atoms with Gasteiger partial charge in [0, 0.05) is 13.1 Å². The van der Waals surface area contributed by atoms with Crippen LogP contribution in [0, 0.1) is 11.6 Å². The molecule has 0 aliphatic carbocycles. The lowest BCUT2D eigenvalue weighted by Gasteiger charge is -2.26. The van der Waals surface area contributed by atoms with E-state index >= 15 is 0 Å². The quantitative estimate of drug-likeness (QED) is 0.110. The number of benzene rings is 8. The van der Waals surface area contributed by atoms with Gasteiger partial charge in [-0.3, -0.25) is 9.80 Å². The van der Waals surface area contributed by atoms with Crippen molar-refractivity contribution in [1.29, 1.82) is 0 Å². The molecule has 1 N–H and O–H groups in total. The monoisotopic (exact) mass is 960 g/mol. The number of likely N-dealkylation sites (tertiary alicyclic amines) is 2. The van der Waals surface area contributed by atoms with Crippen molar-refractivity contribution in [3.63, 3.8) is 0 Å². The number of hydrogen-bond donors (Lipinski definition) is 1. The van der Waals surface area contributed by atoms with Crippen molar-refractivity contribution >= 4 is 34.0 Å². The van der Waals surface area contributed by atoms with Gasteiger partial charge in [-0.15, -0.1) is 12.4 Å². The summed E-state index contributed by atoms with van der Waals surface area (Å²) in [7, 11) is 1.69. The molecule has 2 aliphatic heterocycles. The van der Waals surface area contributed by atoms with Gasteiger partial charge in [-0.2, -0.15) is 0 Å². The zero-order chi connectivity index (χ0) is 47.4. The van der Waals surface area contributed by atoms with E-state index in [1.807, 2.05) is 54.6 Å². The number of halogens is 3. The molecule has 70 heavy (non-hydrogen) atoms. The Morgan fingerprint density at radius 3 is 1.31 bits per heavy atom. The summed E-state index contributed by atoms with van der Waals surface area (Å²) in [6, 6.07) is 50.1. The van der Waals surface area contributed by atoms with Crippen molar-refractivity contribution in [2.24, 2.45) is 0 Å². The third-order valence-corrected chi connectivity index (χ3v) is 13.6. The molecule has 0 atom stereocenters. The molecule has 0 amide bonds. The zero-order valence-corrected chi connectivity index (χ0v) is 40.9. The minimum Gasteiger partial charge on any atom is -0.508 e. The SMILES string of the molecule is COc1ccc2c(Cc3ccc(OCCN4CCCCC4)cc3)c(-c3ccc(F)cc3)ccc2c1.Cl.Oc1ccc2c(Cc3ccc(OCCN4CCCCC4)cc3)c(-c3ccc(F)cc3)ccc2c1. The molecule has 2 aliphatic rings. The molecule has 0 spiro atoms. The third-order valence-electron chi connectivity index (χ3n) is 13.6. The minimum atomic E-state index is -0.244. The maximum absolute atomic E-state index is 13.6. The van der Waals surface area contributed by atoms with Crippen LogP contribution >= 0.6 is 12.4 Å². The van der Waals surface area contributed by atoms with Gasteiger partial charge in [0.05, 0.1) is 7.11 Å². The standard InChI is InChI=1S/C31H32FNO2.C30H30FNO2.ClH/c1-34-28-14-16-30-25(22-28)9-15-29(24-7-10-26(32)11-8-24)31(30)21-23-5-12-27(13-6-23)35-20-19-33-17-3-2-4-18-33;31-25-9-6-23(7-10-25)28-14-8-24-21-26(33)11-15-29(24)30(28)20-22-4-12-27(13-5-22)34-19-18-32-16-2-1-3-17-32;/h5-16,22H,2-4,17-21H2,1H3;4-15,21,33H,1-3,16-20H2;1H. The molecule has 0 aromatic heterocycles. The van der Waals surface area contributed by atoms with Crippen molar-refractivity contribution < 1.29 is 28.1 Å². The summed E-state index contributed by atoms with van der Waals surface area (Å²) in [6.45, 7) is 8.14. The topological polar surface area (TPSA) is 54.4 Å². The fourth-order valence-electron chi connectivity index (χ4n) is 9.83. The molecule has 362 valence electrons. The van der Waals surface area contributed by atoms with Gasteiger partial charge in [-0.25, -0.2) is 8.78 Å². The summed E-state index contributed by atoms with van der Waals surface area (Å²) < 4.78 is 44.6. The highest BCUT2D eigenvalue weighted by molar-refractivity contribution is 5.94. The first-order valence-corrected chi connectivity index (χ1v) is 24.6. The highest BCUT2D eigenvalue weighted by Gasteiger charge is 2.15. The van der Waals surface area contributed by atoms with Crippen LogP contribution in [0.5, 0.6) is 23.0 Å². The maximum Gasteiger partial charge on any atom is 0.123 e. The Kier molecular flexibility index (Phi) is 17.4. The van der Waals surface area contributed by atoms with Gasteiger partial charge in [0.15, 0.2) is 0 Å². The average molecular weight is 962 g/mol. The highest BCUT2D eigenvalue weighted by Crippen LogP contribution is 2.36. The Morgan fingerprint density at radius 1 is 0.457 bits per heavy atom. The lowest BCUT2D eigenvalue weighted by Crippen LogP contribution is -2.33. The number of nitrogens with zero attached hydrogens (tertiary/aromatic N) is 2. The Morgan fingerprint density at radius 2 is 0.871 bits per heavy atom. The fraction of sp³-hybridized carbons (Fsp3) is 0.279. The van der Waals surface area contributed by atoms with Crippen LogP contribution in [0.4, 0.5) is 8.78 Å². The molecular weight excluding hydrogens is 898 g/mol. The van der Waals surface area contributed by atoms with E-state index in [1.54, 1.807) is 19.2 Å². The summed E-state index contributed by atoms with van der Waals surface area (Å²) in [5, 5.41) is 14.3. The van der Waals surface area contributed by atoms with Gasteiger partial charge in [0.25, 0.3) is 0 Å². The number of phenols is 1. The second-order valence-corrected chi connectivity index (χ2v) is 18.3. The van der Waals surface area contributed by atoms with E-state index in [4.69, 9.17) is 14.2 Å². The molecule has 8 aromatic rings. The summed E-state index contributed by atoms with van der Waals surface area (Å²) in [4.78, 5) is 4.97. The molecule has 0 radical (unpaired) electrons. The number of ether oxygens (including phenoxy) is 3. The second kappa shape index (κ2) is 24.4. The average Bonchev–Trinajstić information content (AvgIpc) is 3.39. The molecule has 2 heterocycles. The van der Waals surface area contributed by atoms with Crippen molar-refractivity contribution in [3.8, 4) is 45.3 Å². The van der Waals surface area contributed by atoms with Crippen molar-refractivity contribution in [3.05, 3.63) is 192 Å². The predicted octanol–water partition coefficient (Wildman–Crippen LogP) is 14.3. The number of methoxy groups -OCH3 is 1. The number of hydrogen-bond acceptors (Lipinski definition) is 6. The van der Waals surface area contributed by atoms with Crippen LogP contribution in [0.25, 0.3) is 43.8 Å². The minimum absolute atomic E-state index is 0. The van der Waals surface area contributed by atoms with E-state index in [0.29, 0.717) is 6.61 Å². The maximum atomic E-state index is 13.6. The van der Waals surface area contributed by atoms with Crippen LogP contribution in [0.2, 0.25) is 0 Å². The molecular formula is C61H63ClF2N2O4. The summed E-state index contributed by atoms with van der Waals surface area (Å²) in [5.41, 5.74) is 8.93. The van der Waals surface area contributed by atoms with Gasteiger partial charge < -0.3 is 19.3 Å². The van der Waals surface area contributed by atoms with E-state index in [9.17, 15) is 13.9 Å². The molecule has 2 fully saturated rings. The smallest absolute Gasteiger partial charge is 0.123 e. The van der Waals surface area contributed by atoms with Crippen LogP contribution in [0.15, 0.2) is 158 Å². The normalized spacial score (nSPS) is 14.1. The Balaban J connectivity index is 0.000000186. The molecule has 0 saturated carbocycles. The Bertz CT molecular complexity index is 2920. The van der Waals surface area contributed by atoms with Crippen LogP contribution in [-0.4, -0.2) is 74.5 Å². The van der Waals surface area contributed by atoms with E-state index in [-0.39, 0.29) is 29.8 Å². The zero-order valence-electron chi connectivity index (χ0n) is 40.1. The van der Waals surface area contributed by atoms with E-state index in [0.717, 1.165) is 93.8 Å². The molecule has 9 heteroatoms. The van der Waals surface area contributed by atoms with Crippen LogP contribution in [-0.2, 0) is 12.8 Å². The summed E-state index contributed by atoms with van der Waals surface area (Å²) >= 11 is 0. The lowest BCUT2D eigenvalue weighted by molar-refractivity contribution is 0.183. The summed E-state index contributed by atoms with van der Waals surface area (Å²) in [6.07, 6.45) is 9.38. The number of phenolic OH excluding ortho intramolecular Hbond substituents is 1. The van der Waals surface area contributed by atoms with E-state index in [1.165, 1.54) is 111 Å². The molecule has 0 unspecified atom stereocenters. The van der Waals surface area contributed by atoms with Gasteiger partial charge in [-0.05, 0) is 204 Å². The molecule has 10 rings (SSSR count). The number of piperidine rings is 2. The van der Waals surface area contributed by atoms with Crippen molar-refractivity contribution in [2.45, 2.75) is 51.4 Å². The van der Waals surface area contributed by atoms with E-state index < -0.39 is 0 Å². The number of fused-ring (bicyclic) bond motifs is 2. The molecule has 2 saturated heterocycles. The van der Waals surface area contributed by atoms with Gasteiger partial charge in [0.2, 0.25) is 0 Å². The molecule has 6 nitrogen and oxygen atoms in total. The number of rotatable bonds is 15. The van der Waals surface area contributed by atoms with Crippen LogP contribution < -0.4 is 14.2 Å². The Hall–Kier alpha value is -6.45. The second-order valence-electron chi connectivity index (χ2n) is 18.3. The van der Waals surface area contributed by atoms with Crippen LogP contribution in [0.3, 0.4) is 0 Å². The first-order chi connectivity index (χ1) is 33.8. The summed E-state index contributed by atoms with van der Waals surface area (Å²) in [5.74, 6) is 2.42. The van der Waals surface area contributed by atoms with E-state index in [2.05, 4.69) is 76.5 Å². The first-order valence-electron chi connectivity index (χ1n) is 24.6. The third kappa shape index (κ3) is 13.0. The van der Waals surface area contributed by atoms with Gasteiger partial charge in [0.1, 0.15) is 47.8 Å². The number of aromatic hydroxyl groups is 1. The fourth-order valence-corrected chi connectivity index (χ4v) is 9.83. The van der Waals surface area contributed by atoms with Crippen molar-refractivity contribution in [2.75, 3.05) is 59.6 Å². The lowest BCUT2D eigenvalue weighted by atomic mass is 9.90. The van der Waals surface area contributed by atoms with Gasteiger partial charge >= 0.3 is 0 Å². The molecule has 8 aromatic carbocycles. The van der Waals surface area contributed by atoms with Crippen molar-refractivity contribution in [1.82, 2.24) is 9.80 Å². The Labute approximate surface area is 417 Å². The highest BCUT2D eigenvalue weighted by atomic mass is 35.5.